The number of carbonyl (C=O) groups excluding carboxylic acids is 1. The molecule has 4 aliphatic rings. The zero-order chi connectivity index (χ0) is 46.7. The van der Waals surface area contributed by atoms with E-state index in [0.29, 0.717) is 25.8 Å². The highest BCUT2D eigenvalue weighted by molar-refractivity contribution is 7.85. The molecule has 0 amide bonds. The third-order valence-electron chi connectivity index (χ3n) is 13.1. The summed E-state index contributed by atoms with van der Waals surface area (Å²) >= 11 is 7.24. The summed E-state index contributed by atoms with van der Waals surface area (Å²) in [7, 11) is -4.02. The van der Waals surface area contributed by atoms with E-state index in [4.69, 9.17) is 26.8 Å². The Hall–Kier alpha value is -4.93. The van der Waals surface area contributed by atoms with Gasteiger partial charge in [0, 0.05) is 65.1 Å². The number of hydrogen-bond acceptors (Lipinski definition) is 10. The van der Waals surface area contributed by atoms with Crippen molar-refractivity contribution in [2.75, 3.05) is 36.1 Å². The summed E-state index contributed by atoms with van der Waals surface area (Å²) in [6.45, 7) is 9.85. The summed E-state index contributed by atoms with van der Waals surface area (Å²) in [4.78, 5) is 30.8. The molecule has 348 valence electrons. The quantitative estimate of drug-likeness (QED) is 0.0516. The van der Waals surface area contributed by atoms with Gasteiger partial charge in [-0.15, -0.1) is 0 Å². The van der Waals surface area contributed by atoms with Gasteiger partial charge in [-0.2, -0.15) is 18.0 Å². The van der Waals surface area contributed by atoms with Crippen LogP contribution in [-0.4, -0.2) is 87.7 Å². The first-order chi connectivity index (χ1) is 30.9. The number of unbranched alkanes of at least 4 members (excludes halogenated alkanes) is 3. The summed E-state index contributed by atoms with van der Waals surface area (Å²) in [5, 5.41) is 11.2. The number of nitrogens with zero attached hydrogens (tertiary/aromatic N) is 4. The average Bonchev–Trinajstić information content (AvgIpc) is 3.75. The highest BCUT2D eigenvalue weighted by atomic mass is 35.5. The molecule has 1 fully saturated rings. The molecule has 3 aromatic rings. The highest BCUT2D eigenvalue weighted by Crippen LogP contribution is 2.48. The van der Waals surface area contributed by atoms with Gasteiger partial charge in [-0.3, -0.25) is 13.9 Å². The van der Waals surface area contributed by atoms with Crippen molar-refractivity contribution in [3.8, 4) is 0 Å². The Balaban J connectivity index is 1.00. The maximum absolute atomic E-state index is 14.9. The minimum absolute atomic E-state index is 0.0234. The van der Waals surface area contributed by atoms with Crippen LogP contribution in [0.15, 0.2) is 112 Å². The van der Waals surface area contributed by atoms with E-state index in [1.165, 1.54) is 23.4 Å². The third kappa shape index (κ3) is 10.5. The van der Waals surface area contributed by atoms with Crippen LogP contribution in [0.3, 0.4) is 0 Å². The van der Waals surface area contributed by atoms with Gasteiger partial charge < -0.3 is 25.2 Å². The SMILES string of the molecule is CC1(C)C(=CC=C2CCCC(C=CC3=[N+](CCCCCC(=O)OCC4O[C@H](n5ccc(N)nc5=O)C(F)C4O)c4ccccc4C3(C)C)=C2Cl)N(CCCCS(=O)(=O)O)c2ccccc21. The molecule has 4 atom stereocenters. The van der Waals surface area contributed by atoms with Crippen molar-refractivity contribution in [3.63, 3.8) is 0 Å². The Bertz CT molecular complexity index is 2620. The Morgan fingerprint density at radius 2 is 1.74 bits per heavy atom. The minimum Gasteiger partial charge on any atom is -0.463 e. The Morgan fingerprint density at radius 1 is 1.00 bits per heavy atom. The van der Waals surface area contributed by atoms with E-state index < -0.39 is 46.4 Å². The number of nitrogen functional groups attached to an aromatic ring is 1. The van der Waals surface area contributed by atoms with Crippen LogP contribution in [0.1, 0.15) is 103 Å². The van der Waals surface area contributed by atoms with Crippen molar-refractivity contribution in [3.05, 3.63) is 129 Å². The Kier molecular flexibility index (Phi) is 14.7. The lowest BCUT2D eigenvalue weighted by Crippen LogP contribution is -2.34. The number of aliphatic hydroxyl groups is 1. The van der Waals surface area contributed by atoms with E-state index in [9.17, 15) is 32.1 Å². The van der Waals surface area contributed by atoms with Crippen LogP contribution in [0.25, 0.3) is 0 Å². The van der Waals surface area contributed by atoms with Gasteiger partial charge in [0.2, 0.25) is 5.69 Å². The normalized spacial score (nSPS) is 23.8. The second kappa shape index (κ2) is 19.9. The molecule has 2 aromatic carbocycles. The third-order valence-corrected chi connectivity index (χ3v) is 14.4. The zero-order valence-electron chi connectivity index (χ0n) is 37.5. The van der Waals surface area contributed by atoms with Gasteiger partial charge >= 0.3 is 11.7 Å². The summed E-state index contributed by atoms with van der Waals surface area (Å²) in [5.74, 6) is -0.774. The number of halogens is 2. The molecular weight excluding hydrogens is 873 g/mol. The molecule has 65 heavy (non-hydrogen) atoms. The predicted octanol–water partition coefficient (Wildman–Crippen LogP) is 8.11. The van der Waals surface area contributed by atoms with E-state index in [0.717, 1.165) is 82.2 Å². The van der Waals surface area contributed by atoms with Crippen LogP contribution >= 0.6 is 11.6 Å². The van der Waals surface area contributed by atoms with E-state index >= 15 is 0 Å². The number of hydrogen-bond donors (Lipinski definition) is 3. The number of carbonyl (C=O) groups is 1. The van der Waals surface area contributed by atoms with Gasteiger partial charge in [0.1, 0.15) is 31.2 Å². The van der Waals surface area contributed by atoms with Crippen molar-refractivity contribution in [2.45, 2.75) is 121 Å². The number of rotatable bonds is 17. The number of fused-ring (bicyclic) bond motifs is 2. The number of nitrogens with two attached hydrogens (primary N) is 1. The predicted molar refractivity (Wildman–Crippen MR) is 251 cm³/mol. The molecule has 3 aliphatic heterocycles. The first kappa shape index (κ1) is 48.0. The molecule has 4 N–H and O–H groups in total. The first-order valence-corrected chi connectivity index (χ1v) is 24.4. The minimum atomic E-state index is -4.02. The number of esters is 1. The fourth-order valence-corrected chi connectivity index (χ4v) is 10.4. The molecule has 0 bridgehead atoms. The second-order valence-corrected chi connectivity index (χ2v) is 20.2. The topological polar surface area (TPSA) is 177 Å². The van der Waals surface area contributed by atoms with E-state index in [-0.39, 0.29) is 35.4 Å². The van der Waals surface area contributed by atoms with Gasteiger partial charge in [0.05, 0.1) is 11.2 Å². The molecule has 7 rings (SSSR count). The number of alkyl halides is 1. The highest BCUT2D eigenvalue weighted by Gasteiger charge is 2.47. The van der Waals surface area contributed by atoms with E-state index in [1.54, 1.807) is 0 Å². The van der Waals surface area contributed by atoms with Crippen LogP contribution in [0.2, 0.25) is 0 Å². The van der Waals surface area contributed by atoms with Gasteiger partial charge in [0.25, 0.3) is 10.1 Å². The summed E-state index contributed by atoms with van der Waals surface area (Å²) in [5.41, 5.74) is 13.2. The van der Waals surface area contributed by atoms with Gasteiger partial charge in [-0.25, -0.2) is 9.18 Å². The monoisotopic (exact) mass is 932 g/mol. The van der Waals surface area contributed by atoms with E-state index in [1.807, 2.05) is 18.2 Å². The smallest absolute Gasteiger partial charge is 0.351 e. The Morgan fingerprint density at radius 3 is 2.49 bits per heavy atom. The summed E-state index contributed by atoms with van der Waals surface area (Å²) in [6, 6.07) is 18.0. The lowest BCUT2D eigenvalue weighted by Gasteiger charge is -2.27. The van der Waals surface area contributed by atoms with Crippen molar-refractivity contribution in [2.24, 2.45) is 0 Å². The van der Waals surface area contributed by atoms with Crippen LogP contribution in [0.5, 0.6) is 0 Å². The maximum atomic E-state index is 14.9. The fraction of sp³-hybridized carbons (Fsp3) is 0.469. The largest absolute Gasteiger partial charge is 0.463 e. The molecule has 1 aliphatic carbocycles. The van der Waals surface area contributed by atoms with Crippen molar-refractivity contribution in [1.82, 2.24) is 9.55 Å². The number of aliphatic hydroxyl groups excluding tert-OH is 1. The second-order valence-electron chi connectivity index (χ2n) is 18.3. The molecule has 16 heteroatoms. The number of ether oxygens (including phenoxy) is 2. The standard InChI is InChI=1S/C49H59ClFN5O8S/c1-48(2)34-17-7-9-19-36(34)54(27-11-5-6-21-42(57)63-31-38-45(58)44(51)46(64-38)56-29-26-41(52)53-47(56)59)39(48)24-22-32-15-14-16-33(43(32)50)23-25-40-49(3,4)35-18-8-10-20-37(35)55(40)28-12-13-30-65(60,61)62/h7-10,17-20,22-26,29,38,44-46,58H,5-6,11-16,21,27-28,30-31H2,1-4H3,(H2-,52,53,59,60,61,62)/p+1/t38?,44?,45?,46-/m0/s1. The summed E-state index contributed by atoms with van der Waals surface area (Å²) in [6.07, 6.45) is 9.68. The van der Waals surface area contributed by atoms with Crippen LogP contribution in [0.4, 0.5) is 21.6 Å². The van der Waals surface area contributed by atoms with Gasteiger partial charge in [-0.1, -0.05) is 74.0 Å². The van der Waals surface area contributed by atoms with Crippen molar-refractivity contribution >= 4 is 50.6 Å². The lowest BCUT2D eigenvalue weighted by atomic mass is 9.81. The number of benzene rings is 2. The van der Waals surface area contributed by atoms with Crippen LogP contribution in [0, 0.1) is 0 Å². The molecule has 0 spiro atoms. The Labute approximate surface area is 385 Å². The number of para-hydroxylation sites is 2. The molecule has 4 heterocycles. The van der Waals surface area contributed by atoms with Crippen molar-refractivity contribution < 1.29 is 41.3 Å². The molecule has 3 unspecified atom stereocenters. The number of allylic oxidation sites excluding steroid dienone is 8. The molecule has 1 aromatic heterocycles. The molecular formula is C49H60ClFN5O8S+. The summed E-state index contributed by atoms with van der Waals surface area (Å²) < 4.78 is 61.2. The van der Waals surface area contributed by atoms with Crippen LogP contribution < -0.4 is 16.3 Å². The van der Waals surface area contributed by atoms with E-state index in [2.05, 4.69) is 96.8 Å². The fourth-order valence-electron chi connectivity index (χ4n) is 9.53. The van der Waals surface area contributed by atoms with Crippen LogP contribution in [-0.2, 0) is 35.2 Å². The molecule has 1 saturated heterocycles. The zero-order valence-corrected chi connectivity index (χ0v) is 39.0. The molecule has 13 nitrogen and oxygen atoms in total. The first-order valence-electron chi connectivity index (χ1n) is 22.4. The van der Waals surface area contributed by atoms with Gasteiger partial charge in [-0.05, 0) is 93.7 Å². The van der Waals surface area contributed by atoms with Gasteiger partial charge in [0.15, 0.2) is 18.1 Å². The lowest BCUT2D eigenvalue weighted by molar-refractivity contribution is -0.438. The number of anilines is 2. The molecule has 0 saturated carbocycles. The molecule has 0 radical (unpaired) electrons. The number of aromatic nitrogens is 2. The maximum Gasteiger partial charge on any atom is 0.351 e. The van der Waals surface area contributed by atoms with Crippen molar-refractivity contribution in [1.29, 1.82) is 0 Å². The average molecular weight is 934 g/mol.